The Hall–Kier alpha value is -2.83. The van der Waals surface area contributed by atoms with Gasteiger partial charge in [-0.15, -0.1) is 0 Å². The summed E-state index contributed by atoms with van der Waals surface area (Å²) in [6.07, 6.45) is -29.3. The molecule has 0 aromatic carbocycles. The lowest BCUT2D eigenvalue weighted by Crippen LogP contribution is -2.69. The normalized spacial score (nSPS) is 38.0. The lowest BCUT2D eigenvalue weighted by atomic mass is 9.94. The zero-order valence-electron chi connectivity index (χ0n) is 30.9. The molecule has 0 spiro atoms. The second-order valence-corrected chi connectivity index (χ2v) is 13.8. The standard InChI is InChI=1S/C33H54N4O20/c1-12(42)36-14(7-35-19-5-3-4-6-34-19)21(45)28(15(44)8-38)55-33-27(51)30(23(47)17(10-40)53-33)57-31-20(37-13(2)43)24(48)29(18(11-41)54-31)56-32-26(50)25(49)22(46)16(9-39)52-32/h3-6,14-18,20-33,38-41,44-51H,7-11H2,1-2H3,(H,34,35)(H,36,42)(H,37,43)/t14-,15+,16+,17+,18+,20+,21+,22-,23-,24+,25-,26+,27+,28+,29+,30-,31-,32-,33-/m0/s1. The van der Waals surface area contributed by atoms with Crippen LogP contribution in [0.4, 0.5) is 5.82 Å². The quantitative estimate of drug-likeness (QED) is 0.0653. The average Bonchev–Trinajstić information content (AvgIpc) is 3.19. The monoisotopic (exact) mass is 826 g/mol. The minimum Gasteiger partial charge on any atom is -0.394 e. The molecule has 3 aliphatic heterocycles. The first kappa shape index (κ1) is 46.9. The summed E-state index contributed by atoms with van der Waals surface area (Å²) in [5, 5.41) is 135. The smallest absolute Gasteiger partial charge is 0.217 e. The third-order valence-corrected chi connectivity index (χ3v) is 9.64. The highest BCUT2D eigenvalue weighted by atomic mass is 16.8. The van der Waals surface area contributed by atoms with E-state index in [9.17, 15) is 70.9 Å². The van der Waals surface area contributed by atoms with Gasteiger partial charge in [0.05, 0.1) is 32.5 Å². The third kappa shape index (κ3) is 11.5. The maximum atomic E-state index is 12.3. The number of aliphatic hydroxyl groups is 12. The lowest BCUT2D eigenvalue weighted by molar-refractivity contribution is -0.372. The van der Waals surface area contributed by atoms with E-state index in [0.29, 0.717) is 5.82 Å². The molecule has 57 heavy (non-hydrogen) atoms. The van der Waals surface area contributed by atoms with E-state index in [0.717, 1.165) is 13.8 Å². The van der Waals surface area contributed by atoms with Crippen LogP contribution in [0.25, 0.3) is 0 Å². The molecule has 0 bridgehead atoms. The molecule has 0 saturated carbocycles. The Morgan fingerprint density at radius 1 is 0.737 bits per heavy atom. The Balaban J connectivity index is 1.57. The van der Waals surface area contributed by atoms with Gasteiger partial charge in [-0.05, 0) is 12.1 Å². The number of anilines is 1. The van der Waals surface area contributed by atoms with Crippen molar-refractivity contribution in [3.63, 3.8) is 0 Å². The van der Waals surface area contributed by atoms with Crippen LogP contribution in [0.3, 0.4) is 0 Å². The van der Waals surface area contributed by atoms with Gasteiger partial charge < -0.3 is 106 Å². The number of rotatable bonds is 18. The summed E-state index contributed by atoms with van der Waals surface area (Å²) >= 11 is 0. The van der Waals surface area contributed by atoms with Crippen LogP contribution in [0.15, 0.2) is 24.4 Å². The van der Waals surface area contributed by atoms with Crippen LogP contribution in [0.2, 0.25) is 0 Å². The fourth-order valence-electron chi connectivity index (χ4n) is 6.64. The van der Waals surface area contributed by atoms with Gasteiger partial charge >= 0.3 is 0 Å². The van der Waals surface area contributed by atoms with Crippen LogP contribution in [-0.4, -0.2) is 227 Å². The zero-order valence-corrected chi connectivity index (χ0v) is 30.9. The van der Waals surface area contributed by atoms with Gasteiger partial charge in [0.1, 0.15) is 97.3 Å². The molecule has 3 aliphatic rings. The fourth-order valence-corrected chi connectivity index (χ4v) is 6.64. The Labute approximate surface area is 325 Å². The Morgan fingerprint density at radius 3 is 1.93 bits per heavy atom. The summed E-state index contributed by atoms with van der Waals surface area (Å²) in [4.78, 5) is 28.5. The second kappa shape index (κ2) is 21.4. The van der Waals surface area contributed by atoms with Crippen molar-refractivity contribution < 1.29 is 99.3 Å². The number of nitrogens with one attached hydrogen (secondary N) is 3. The van der Waals surface area contributed by atoms with Crippen molar-refractivity contribution >= 4 is 17.6 Å². The summed E-state index contributed by atoms with van der Waals surface area (Å²) in [6.45, 7) is -1.65. The molecule has 1 aromatic heterocycles. The maximum Gasteiger partial charge on any atom is 0.217 e. The Kier molecular flexibility index (Phi) is 17.6. The first-order valence-electron chi connectivity index (χ1n) is 18.1. The molecule has 3 saturated heterocycles. The molecule has 0 aliphatic carbocycles. The van der Waals surface area contributed by atoms with Crippen LogP contribution in [0.1, 0.15) is 13.8 Å². The van der Waals surface area contributed by atoms with E-state index >= 15 is 0 Å². The number of carbonyl (C=O) groups is 2. The maximum absolute atomic E-state index is 12.3. The Morgan fingerprint density at radius 2 is 1.35 bits per heavy atom. The lowest BCUT2D eigenvalue weighted by Gasteiger charge is -2.49. The summed E-state index contributed by atoms with van der Waals surface area (Å²) in [5.74, 6) is -1.02. The SMILES string of the molecule is CC(=O)N[C@H]1[C@H](O[C@H]2[C@@H](O)[C@@H](CO)O[C@@H](O[C@@H]([C@H](O)[C@H](CNc3ccccn3)NC(C)=O)[C@H](O)CO)[C@@H]2O)O[C@H](CO)[C@@H](O[C@@H]2O[C@H](CO)[C@H](O)[C@H](O)[C@H]2O)[C@@H]1O. The highest BCUT2D eigenvalue weighted by Crippen LogP contribution is 2.33. The number of aliphatic hydroxyl groups excluding tert-OH is 12. The van der Waals surface area contributed by atoms with Gasteiger partial charge in [0.15, 0.2) is 18.9 Å². The number of nitrogens with zero attached hydrogens (tertiary/aromatic N) is 1. The molecule has 19 atom stereocenters. The van der Waals surface area contributed by atoms with Crippen molar-refractivity contribution in [3.8, 4) is 0 Å². The molecular formula is C33H54N4O20. The predicted octanol–water partition coefficient (Wildman–Crippen LogP) is -8.31. The highest BCUT2D eigenvalue weighted by molar-refractivity contribution is 5.73. The van der Waals surface area contributed by atoms with E-state index in [4.69, 9.17) is 28.4 Å². The molecule has 0 radical (unpaired) electrons. The molecule has 1 aromatic rings. The van der Waals surface area contributed by atoms with E-state index in [1.807, 2.05) is 0 Å². The molecule has 2 amide bonds. The molecule has 326 valence electrons. The molecule has 24 heteroatoms. The van der Waals surface area contributed by atoms with Crippen molar-refractivity contribution in [1.29, 1.82) is 0 Å². The van der Waals surface area contributed by atoms with E-state index in [1.165, 1.54) is 6.20 Å². The Bertz CT molecular complexity index is 1390. The number of pyridine rings is 1. The van der Waals surface area contributed by atoms with E-state index in [1.54, 1.807) is 18.2 Å². The minimum absolute atomic E-state index is 0.188. The van der Waals surface area contributed by atoms with Crippen LogP contribution >= 0.6 is 0 Å². The van der Waals surface area contributed by atoms with Crippen molar-refractivity contribution in [1.82, 2.24) is 15.6 Å². The predicted molar refractivity (Wildman–Crippen MR) is 185 cm³/mol. The molecule has 15 N–H and O–H groups in total. The van der Waals surface area contributed by atoms with Gasteiger partial charge in [0, 0.05) is 26.6 Å². The van der Waals surface area contributed by atoms with Gasteiger partial charge in [-0.3, -0.25) is 9.59 Å². The van der Waals surface area contributed by atoms with Crippen LogP contribution < -0.4 is 16.0 Å². The number of carbonyl (C=O) groups excluding carboxylic acids is 2. The molecule has 0 unspecified atom stereocenters. The summed E-state index contributed by atoms with van der Waals surface area (Å²) in [7, 11) is 0. The van der Waals surface area contributed by atoms with Crippen molar-refractivity contribution in [2.75, 3.05) is 38.3 Å². The van der Waals surface area contributed by atoms with Gasteiger partial charge in [-0.25, -0.2) is 4.98 Å². The van der Waals surface area contributed by atoms with Gasteiger partial charge in [-0.2, -0.15) is 0 Å². The van der Waals surface area contributed by atoms with Crippen molar-refractivity contribution in [3.05, 3.63) is 24.4 Å². The first-order valence-corrected chi connectivity index (χ1v) is 18.1. The largest absolute Gasteiger partial charge is 0.394 e. The third-order valence-electron chi connectivity index (χ3n) is 9.64. The van der Waals surface area contributed by atoms with E-state index < -0.39 is 155 Å². The minimum atomic E-state index is -2.09. The van der Waals surface area contributed by atoms with Gasteiger partial charge in [-0.1, -0.05) is 6.07 Å². The second-order valence-electron chi connectivity index (χ2n) is 13.8. The number of amides is 2. The van der Waals surface area contributed by atoms with E-state index in [-0.39, 0.29) is 6.54 Å². The molecular weight excluding hydrogens is 772 g/mol. The van der Waals surface area contributed by atoms with Crippen molar-refractivity contribution in [2.45, 2.75) is 130 Å². The molecule has 4 rings (SSSR count). The van der Waals surface area contributed by atoms with Gasteiger partial charge in [0.25, 0.3) is 0 Å². The highest BCUT2D eigenvalue weighted by Gasteiger charge is 2.55. The summed E-state index contributed by atoms with van der Waals surface area (Å²) in [5.41, 5.74) is 0. The number of ether oxygens (including phenoxy) is 6. The summed E-state index contributed by atoms with van der Waals surface area (Å²) in [6, 6.07) is 2.05. The molecule has 24 nitrogen and oxygen atoms in total. The van der Waals surface area contributed by atoms with Crippen molar-refractivity contribution in [2.24, 2.45) is 0 Å². The van der Waals surface area contributed by atoms with Crippen LogP contribution in [0, 0.1) is 0 Å². The molecule has 4 heterocycles. The fraction of sp³-hybridized carbons (Fsp3) is 0.788. The average molecular weight is 827 g/mol. The zero-order chi connectivity index (χ0) is 42.1. The summed E-state index contributed by atoms with van der Waals surface area (Å²) < 4.78 is 34.1. The van der Waals surface area contributed by atoms with Crippen LogP contribution in [-0.2, 0) is 38.0 Å². The van der Waals surface area contributed by atoms with E-state index in [2.05, 4.69) is 20.9 Å². The topological polar surface area (TPSA) is 381 Å². The number of hydrogen-bond acceptors (Lipinski definition) is 22. The molecule has 3 fully saturated rings. The van der Waals surface area contributed by atoms with Crippen LogP contribution in [0.5, 0.6) is 0 Å². The number of hydrogen-bond donors (Lipinski definition) is 15. The number of aromatic nitrogens is 1. The van der Waals surface area contributed by atoms with Gasteiger partial charge in [0.2, 0.25) is 11.8 Å². The first-order chi connectivity index (χ1) is 27.1.